The quantitative estimate of drug-likeness (QED) is 0.0590. The predicted octanol–water partition coefficient (Wildman–Crippen LogP) is 2.14. The number of anilines is 1. The molecular weight excluding hydrogens is 646 g/mol. The van der Waals surface area contributed by atoms with E-state index in [2.05, 4.69) is 21.3 Å². The molecule has 0 saturated heterocycles. The van der Waals surface area contributed by atoms with E-state index in [9.17, 15) is 33.6 Å². The van der Waals surface area contributed by atoms with Crippen LogP contribution in [0.3, 0.4) is 0 Å². The number of nitrogens with one attached hydrogen (secondary N) is 4. The number of primary amides is 1. The van der Waals surface area contributed by atoms with Crippen molar-refractivity contribution < 1.29 is 38.3 Å². The molecule has 1 heterocycles. The second-order valence-corrected chi connectivity index (χ2v) is 13.2. The number of nitrogens with zero attached hydrogens (tertiary/aromatic N) is 1. The van der Waals surface area contributed by atoms with E-state index in [1.807, 2.05) is 0 Å². The first-order valence-electron chi connectivity index (χ1n) is 17.1. The summed E-state index contributed by atoms with van der Waals surface area (Å²) in [5, 5.41) is 10.8. The molecule has 1 aliphatic heterocycles. The molecule has 0 radical (unpaired) electrons. The van der Waals surface area contributed by atoms with Crippen LogP contribution in [0, 0.1) is 5.41 Å². The third-order valence-electron chi connectivity index (χ3n) is 7.84. The van der Waals surface area contributed by atoms with Crippen molar-refractivity contribution in [1.29, 1.82) is 0 Å². The van der Waals surface area contributed by atoms with Gasteiger partial charge in [0.05, 0.1) is 5.41 Å². The van der Waals surface area contributed by atoms with E-state index in [4.69, 9.17) is 16.2 Å². The third-order valence-corrected chi connectivity index (χ3v) is 7.84. The van der Waals surface area contributed by atoms with Gasteiger partial charge in [0, 0.05) is 37.3 Å². The topological polar surface area (TPSA) is 232 Å². The highest BCUT2D eigenvalue weighted by Gasteiger charge is 2.27. The minimum Gasteiger partial charge on any atom is -0.460 e. The Bertz CT molecular complexity index is 1340. The van der Waals surface area contributed by atoms with E-state index in [1.165, 1.54) is 12.2 Å². The Balaban J connectivity index is 2.02. The summed E-state index contributed by atoms with van der Waals surface area (Å²) < 4.78 is 5.34. The Morgan fingerprint density at radius 3 is 2.04 bits per heavy atom. The summed E-state index contributed by atoms with van der Waals surface area (Å²) >= 11 is 0. The second-order valence-electron chi connectivity index (χ2n) is 13.2. The van der Waals surface area contributed by atoms with E-state index in [-0.39, 0.29) is 56.2 Å². The summed E-state index contributed by atoms with van der Waals surface area (Å²) in [7, 11) is 0. The molecule has 0 fully saturated rings. The van der Waals surface area contributed by atoms with Gasteiger partial charge >= 0.3 is 12.0 Å². The molecule has 276 valence electrons. The van der Waals surface area contributed by atoms with Crippen LogP contribution >= 0.6 is 0 Å². The van der Waals surface area contributed by atoms with Crippen molar-refractivity contribution in [3.05, 3.63) is 42.0 Å². The average molecular weight is 700 g/mol. The number of hydrogen-bond acceptors (Lipinski definition) is 9. The molecule has 1 aromatic rings. The molecule has 0 aromatic heterocycles. The van der Waals surface area contributed by atoms with Gasteiger partial charge < -0.3 is 37.5 Å². The summed E-state index contributed by atoms with van der Waals surface area (Å²) in [6.07, 6.45) is 7.22. The number of benzene rings is 1. The van der Waals surface area contributed by atoms with Crippen LogP contribution in [0.2, 0.25) is 0 Å². The Kier molecular flexibility index (Phi) is 17.7. The van der Waals surface area contributed by atoms with Gasteiger partial charge in [-0.05, 0) is 83.5 Å². The van der Waals surface area contributed by atoms with Gasteiger partial charge in [-0.1, -0.05) is 31.4 Å². The number of nitrogens with two attached hydrogens (primary N) is 2. The van der Waals surface area contributed by atoms with Gasteiger partial charge in [-0.25, -0.2) is 4.79 Å². The number of unbranched alkanes of at least 4 members (excludes halogenated alkanes) is 4. The Morgan fingerprint density at radius 2 is 1.42 bits per heavy atom. The molecule has 2 atom stereocenters. The largest absolute Gasteiger partial charge is 0.460 e. The van der Waals surface area contributed by atoms with Gasteiger partial charge in [0.2, 0.25) is 17.7 Å². The Morgan fingerprint density at radius 1 is 0.800 bits per heavy atom. The SMILES string of the molecule is CC(C)(C)C(=O)OCc1ccc(NC(=O)[C@H](CCCNC(N)=O)NC(=O)[C@H](CCCCCN)NC(=O)CCCCCN2C(=O)C=CC2=O)cc1. The normalized spacial score (nSPS) is 13.8. The van der Waals surface area contributed by atoms with Crippen LogP contribution in [-0.2, 0) is 40.1 Å². The molecule has 0 spiro atoms. The second kappa shape index (κ2) is 21.3. The van der Waals surface area contributed by atoms with Gasteiger partial charge in [-0.3, -0.25) is 33.7 Å². The van der Waals surface area contributed by atoms with Crippen LogP contribution in [0.25, 0.3) is 0 Å². The standard InChI is InChI=1S/C35H53N7O8/c1-35(2,3)33(48)50-23-24-14-16-25(17-15-24)39-31(46)27(12-10-21-38-34(37)49)41-32(47)26(11-6-4-8-20-36)40-28(43)13-7-5-9-22-42-29(44)18-19-30(42)45/h14-19,26-27H,4-13,20-23,36H2,1-3H3,(H,39,46)(H,40,43)(H,41,47)(H3,37,38,49)/t26-,27-/m0/s1. The number of esters is 1. The molecule has 0 unspecified atom stereocenters. The predicted molar refractivity (Wildman–Crippen MR) is 187 cm³/mol. The van der Waals surface area contributed by atoms with Crippen LogP contribution in [-0.4, -0.2) is 78.2 Å². The lowest BCUT2D eigenvalue weighted by Gasteiger charge is -2.23. The third kappa shape index (κ3) is 15.6. The number of imide groups is 1. The molecular formula is C35H53N7O8. The molecule has 0 bridgehead atoms. The van der Waals surface area contributed by atoms with E-state index >= 15 is 0 Å². The number of rotatable bonds is 22. The zero-order valence-electron chi connectivity index (χ0n) is 29.4. The van der Waals surface area contributed by atoms with Gasteiger partial charge in [-0.15, -0.1) is 0 Å². The maximum atomic E-state index is 13.5. The van der Waals surface area contributed by atoms with Gasteiger partial charge in [0.15, 0.2) is 0 Å². The summed E-state index contributed by atoms with van der Waals surface area (Å²) in [6.45, 7) is 6.32. The van der Waals surface area contributed by atoms with Crippen molar-refractivity contribution in [2.24, 2.45) is 16.9 Å². The number of amides is 7. The van der Waals surface area contributed by atoms with E-state index in [1.54, 1.807) is 45.0 Å². The zero-order chi connectivity index (χ0) is 37.1. The number of urea groups is 1. The molecule has 0 aliphatic carbocycles. The average Bonchev–Trinajstić information content (AvgIpc) is 3.38. The van der Waals surface area contributed by atoms with Gasteiger partial charge in [0.25, 0.3) is 11.8 Å². The number of ether oxygens (including phenoxy) is 1. The summed E-state index contributed by atoms with van der Waals surface area (Å²) in [6, 6.07) is 4.13. The summed E-state index contributed by atoms with van der Waals surface area (Å²) in [5.74, 6) is -2.39. The summed E-state index contributed by atoms with van der Waals surface area (Å²) in [5.41, 5.74) is 11.3. The van der Waals surface area contributed by atoms with E-state index < -0.39 is 35.3 Å². The first-order chi connectivity index (χ1) is 23.7. The minimum atomic E-state index is -1.00. The van der Waals surface area contributed by atoms with Crippen molar-refractivity contribution in [2.45, 2.75) is 104 Å². The lowest BCUT2D eigenvalue weighted by molar-refractivity contribution is -0.154. The van der Waals surface area contributed by atoms with Crippen LogP contribution < -0.4 is 32.7 Å². The minimum absolute atomic E-state index is 0.0760. The van der Waals surface area contributed by atoms with Crippen LogP contribution in [0.5, 0.6) is 0 Å². The highest BCUT2D eigenvalue weighted by atomic mass is 16.5. The molecule has 1 aliphatic rings. The fourth-order valence-corrected chi connectivity index (χ4v) is 4.93. The molecule has 50 heavy (non-hydrogen) atoms. The number of carbonyl (C=O) groups is 7. The Hall–Kier alpha value is -4.79. The molecule has 7 amide bonds. The first kappa shape index (κ1) is 41.4. The highest BCUT2D eigenvalue weighted by molar-refractivity contribution is 6.12. The van der Waals surface area contributed by atoms with Gasteiger partial charge in [0.1, 0.15) is 18.7 Å². The molecule has 1 aromatic carbocycles. The van der Waals surface area contributed by atoms with E-state index in [0.29, 0.717) is 50.8 Å². The van der Waals surface area contributed by atoms with Crippen LogP contribution in [0.1, 0.15) is 90.5 Å². The maximum Gasteiger partial charge on any atom is 0.312 e. The number of carbonyl (C=O) groups excluding carboxylic acids is 7. The first-order valence-corrected chi connectivity index (χ1v) is 17.1. The molecule has 15 nitrogen and oxygen atoms in total. The molecule has 8 N–H and O–H groups in total. The van der Waals surface area contributed by atoms with Gasteiger partial charge in [-0.2, -0.15) is 0 Å². The Labute approximate surface area is 293 Å². The molecule has 2 rings (SSSR count). The fourth-order valence-electron chi connectivity index (χ4n) is 4.93. The van der Waals surface area contributed by atoms with Crippen LogP contribution in [0.4, 0.5) is 10.5 Å². The van der Waals surface area contributed by atoms with E-state index in [0.717, 1.165) is 23.3 Å². The summed E-state index contributed by atoms with van der Waals surface area (Å²) in [4.78, 5) is 87.6. The lowest BCUT2D eigenvalue weighted by atomic mass is 9.97. The smallest absolute Gasteiger partial charge is 0.312 e. The van der Waals surface area contributed by atoms with Crippen LogP contribution in [0.15, 0.2) is 36.4 Å². The monoisotopic (exact) mass is 699 g/mol. The van der Waals surface area contributed by atoms with Crippen molar-refractivity contribution in [3.8, 4) is 0 Å². The van der Waals surface area contributed by atoms with Crippen molar-refractivity contribution in [3.63, 3.8) is 0 Å². The zero-order valence-corrected chi connectivity index (χ0v) is 29.4. The van der Waals surface area contributed by atoms with Crippen molar-refractivity contribution in [1.82, 2.24) is 20.9 Å². The maximum absolute atomic E-state index is 13.5. The number of hydrogen-bond donors (Lipinski definition) is 6. The highest BCUT2D eigenvalue weighted by Crippen LogP contribution is 2.18. The van der Waals surface area contributed by atoms with Crippen molar-refractivity contribution >= 4 is 47.2 Å². The molecule has 0 saturated carbocycles. The molecule has 15 heteroatoms. The lowest BCUT2D eigenvalue weighted by Crippen LogP contribution is -2.52. The fraction of sp³-hybridized carbons (Fsp3) is 0.571. The van der Waals surface area contributed by atoms with Crippen molar-refractivity contribution in [2.75, 3.05) is 25.0 Å².